The largest absolute Gasteiger partial charge is 0.379 e. The van der Waals surface area contributed by atoms with Crippen LogP contribution in [0.4, 0.5) is 0 Å². The van der Waals surface area contributed by atoms with Crippen molar-refractivity contribution in [1.29, 1.82) is 0 Å². The van der Waals surface area contributed by atoms with Crippen molar-refractivity contribution in [3.8, 4) is 0 Å². The van der Waals surface area contributed by atoms with Crippen LogP contribution in [-0.2, 0) is 4.74 Å². The summed E-state index contributed by atoms with van der Waals surface area (Å²) in [6, 6.07) is 1.09. The molecule has 3 nitrogen and oxygen atoms in total. The van der Waals surface area contributed by atoms with Gasteiger partial charge in [-0.1, -0.05) is 24.6 Å². The van der Waals surface area contributed by atoms with Gasteiger partial charge in [-0.15, -0.1) is 0 Å². The molecule has 0 saturated heterocycles. The molecule has 0 aromatic heterocycles. The second kappa shape index (κ2) is 5.83. The zero-order valence-corrected chi connectivity index (χ0v) is 12.0. The molecule has 0 spiro atoms. The number of ether oxygens (including phenoxy) is 1. The second-order valence-electron chi connectivity index (χ2n) is 5.81. The Hall–Kier alpha value is -0.220. The Bertz CT molecular complexity index is 321. The summed E-state index contributed by atoms with van der Waals surface area (Å²) >= 11 is 1.93. The van der Waals surface area contributed by atoms with Crippen molar-refractivity contribution in [2.75, 3.05) is 12.9 Å². The van der Waals surface area contributed by atoms with E-state index in [0.29, 0.717) is 18.2 Å². The first-order valence-electron chi connectivity index (χ1n) is 7.37. The van der Waals surface area contributed by atoms with Crippen molar-refractivity contribution in [1.82, 2.24) is 5.32 Å². The number of nitrogens with zero attached hydrogens (tertiary/aromatic N) is 1. The van der Waals surface area contributed by atoms with Crippen molar-refractivity contribution in [3.05, 3.63) is 0 Å². The number of hydrogen-bond acceptors (Lipinski definition) is 4. The molecule has 4 unspecified atom stereocenters. The zero-order chi connectivity index (χ0) is 12.4. The SMILES string of the molecule is COC1CCCC1NC1=NC2CCCCC2CS1. The van der Waals surface area contributed by atoms with Crippen LogP contribution in [-0.4, -0.2) is 36.2 Å². The molecule has 3 aliphatic rings. The van der Waals surface area contributed by atoms with Gasteiger partial charge in [-0.05, 0) is 38.0 Å². The van der Waals surface area contributed by atoms with E-state index in [4.69, 9.17) is 9.73 Å². The number of thioether (sulfide) groups is 1. The molecule has 2 saturated carbocycles. The van der Waals surface area contributed by atoms with Crippen molar-refractivity contribution >= 4 is 16.9 Å². The number of aliphatic imine (C=N–C) groups is 1. The first-order chi connectivity index (χ1) is 8.86. The molecule has 2 aliphatic carbocycles. The first-order valence-corrected chi connectivity index (χ1v) is 8.35. The Morgan fingerprint density at radius 3 is 2.94 bits per heavy atom. The van der Waals surface area contributed by atoms with Crippen molar-refractivity contribution < 1.29 is 4.74 Å². The summed E-state index contributed by atoms with van der Waals surface area (Å²) in [6.45, 7) is 0. The van der Waals surface area contributed by atoms with E-state index >= 15 is 0 Å². The van der Waals surface area contributed by atoms with Crippen LogP contribution in [0.2, 0.25) is 0 Å². The van der Waals surface area contributed by atoms with Gasteiger partial charge in [0.15, 0.2) is 5.17 Å². The smallest absolute Gasteiger partial charge is 0.157 e. The highest BCUT2D eigenvalue weighted by Crippen LogP contribution is 2.34. The lowest BCUT2D eigenvalue weighted by atomic mass is 9.86. The zero-order valence-electron chi connectivity index (χ0n) is 11.2. The minimum Gasteiger partial charge on any atom is -0.379 e. The lowest BCUT2D eigenvalue weighted by molar-refractivity contribution is 0.0909. The monoisotopic (exact) mass is 268 g/mol. The summed E-state index contributed by atoms with van der Waals surface area (Å²) in [6.07, 6.45) is 9.55. The third-order valence-corrected chi connectivity index (χ3v) is 5.74. The topological polar surface area (TPSA) is 33.6 Å². The molecule has 0 radical (unpaired) electrons. The molecule has 4 atom stereocenters. The van der Waals surface area contributed by atoms with E-state index in [9.17, 15) is 0 Å². The maximum Gasteiger partial charge on any atom is 0.157 e. The van der Waals surface area contributed by atoms with Gasteiger partial charge in [-0.25, -0.2) is 0 Å². The highest BCUT2D eigenvalue weighted by Gasteiger charge is 2.32. The molecule has 1 heterocycles. The van der Waals surface area contributed by atoms with Crippen molar-refractivity contribution in [2.24, 2.45) is 10.9 Å². The summed E-state index contributed by atoms with van der Waals surface area (Å²) in [5.41, 5.74) is 0. The lowest BCUT2D eigenvalue weighted by Crippen LogP contribution is -2.42. The third-order valence-electron chi connectivity index (χ3n) is 4.65. The van der Waals surface area contributed by atoms with E-state index in [0.717, 1.165) is 5.92 Å². The van der Waals surface area contributed by atoms with Gasteiger partial charge in [0.2, 0.25) is 0 Å². The van der Waals surface area contributed by atoms with Crippen LogP contribution in [0.25, 0.3) is 0 Å². The van der Waals surface area contributed by atoms with Crippen LogP contribution in [0, 0.1) is 5.92 Å². The maximum absolute atomic E-state index is 5.55. The number of nitrogens with one attached hydrogen (secondary N) is 1. The molecule has 3 rings (SSSR count). The maximum atomic E-state index is 5.55. The van der Waals surface area contributed by atoms with Crippen LogP contribution < -0.4 is 5.32 Å². The van der Waals surface area contributed by atoms with Crippen molar-refractivity contribution in [3.63, 3.8) is 0 Å². The Morgan fingerprint density at radius 2 is 2.06 bits per heavy atom. The summed E-state index contributed by atoms with van der Waals surface area (Å²) in [7, 11) is 1.83. The van der Waals surface area contributed by atoms with Gasteiger partial charge in [-0.2, -0.15) is 0 Å². The van der Waals surface area contributed by atoms with E-state index < -0.39 is 0 Å². The number of hydrogen-bond donors (Lipinski definition) is 1. The fourth-order valence-corrected chi connectivity index (χ4v) is 4.74. The molecular weight excluding hydrogens is 244 g/mol. The summed E-state index contributed by atoms with van der Waals surface area (Å²) in [5.74, 6) is 2.11. The average molecular weight is 268 g/mol. The van der Waals surface area contributed by atoms with Crippen molar-refractivity contribution in [2.45, 2.75) is 63.1 Å². The summed E-state index contributed by atoms with van der Waals surface area (Å²) < 4.78 is 5.55. The van der Waals surface area contributed by atoms with Gasteiger partial charge in [0.25, 0.3) is 0 Å². The molecule has 4 heteroatoms. The van der Waals surface area contributed by atoms with E-state index in [-0.39, 0.29) is 0 Å². The second-order valence-corrected chi connectivity index (χ2v) is 6.82. The quantitative estimate of drug-likeness (QED) is 0.836. The van der Waals surface area contributed by atoms with Gasteiger partial charge in [0.05, 0.1) is 18.2 Å². The standard InChI is InChI=1S/C14H24N2OS/c1-17-13-8-4-7-12(13)16-14-15-11-6-3-2-5-10(11)9-18-14/h10-13H,2-9H2,1H3,(H,15,16). The lowest BCUT2D eigenvalue weighted by Gasteiger charge is -2.34. The van der Waals surface area contributed by atoms with E-state index in [1.807, 2.05) is 18.9 Å². The Kier molecular flexibility index (Phi) is 4.14. The van der Waals surface area contributed by atoms with Gasteiger partial charge >= 0.3 is 0 Å². The van der Waals surface area contributed by atoms with E-state index in [1.165, 1.54) is 55.9 Å². The molecular formula is C14H24N2OS. The predicted molar refractivity (Wildman–Crippen MR) is 77.2 cm³/mol. The Balaban J connectivity index is 1.61. The molecule has 0 aromatic rings. The molecule has 18 heavy (non-hydrogen) atoms. The van der Waals surface area contributed by atoms with Gasteiger partial charge in [0.1, 0.15) is 0 Å². The van der Waals surface area contributed by atoms with E-state index in [2.05, 4.69) is 5.32 Å². The molecule has 102 valence electrons. The van der Waals surface area contributed by atoms with Crippen LogP contribution >= 0.6 is 11.8 Å². The molecule has 1 N–H and O–H groups in total. The van der Waals surface area contributed by atoms with Gasteiger partial charge in [-0.3, -0.25) is 4.99 Å². The highest BCUT2D eigenvalue weighted by molar-refractivity contribution is 8.13. The number of amidine groups is 1. The summed E-state index contributed by atoms with van der Waals surface area (Å²) in [4.78, 5) is 4.95. The summed E-state index contributed by atoms with van der Waals surface area (Å²) in [5, 5.41) is 4.83. The van der Waals surface area contributed by atoms with Crippen LogP contribution in [0.1, 0.15) is 44.9 Å². The first kappa shape index (κ1) is 12.8. The van der Waals surface area contributed by atoms with Gasteiger partial charge < -0.3 is 10.1 Å². The van der Waals surface area contributed by atoms with Crippen LogP contribution in [0.5, 0.6) is 0 Å². The Morgan fingerprint density at radius 1 is 1.17 bits per heavy atom. The molecule has 2 fully saturated rings. The van der Waals surface area contributed by atoms with Gasteiger partial charge in [0, 0.05) is 12.9 Å². The van der Waals surface area contributed by atoms with Crippen LogP contribution in [0.15, 0.2) is 4.99 Å². The number of methoxy groups -OCH3 is 1. The number of rotatable bonds is 2. The average Bonchev–Trinajstić information content (AvgIpc) is 2.86. The Labute approximate surface area is 114 Å². The molecule has 0 aromatic carbocycles. The molecule has 0 bridgehead atoms. The fraction of sp³-hybridized carbons (Fsp3) is 0.929. The number of fused-ring (bicyclic) bond motifs is 1. The fourth-order valence-electron chi connectivity index (χ4n) is 3.54. The molecule has 1 aliphatic heterocycles. The molecule has 0 amide bonds. The van der Waals surface area contributed by atoms with E-state index in [1.54, 1.807) is 0 Å². The third kappa shape index (κ3) is 2.69. The predicted octanol–water partition coefficient (Wildman–Crippen LogP) is 2.81. The minimum atomic E-state index is 0.386. The highest BCUT2D eigenvalue weighted by atomic mass is 32.2. The van der Waals surface area contributed by atoms with Crippen LogP contribution in [0.3, 0.4) is 0 Å². The normalized spacial score (nSPS) is 40.2. The minimum absolute atomic E-state index is 0.386.